The third-order valence-corrected chi connectivity index (χ3v) is 1.18. The Morgan fingerprint density at radius 2 is 2.23 bits per heavy atom. The Labute approximate surface area is 74.9 Å². The minimum absolute atomic E-state index is 0.538. The number of nitrogens with one attached hydrogen (secondary N) is 1. The minimum Gasteiger partial charge on any atom is -0.323 e. The lowest BCUT2D eigenvalue weighted by molar-refractivity contribution is -0.536. The van der Waals surface area contributed by atoms with E-state index in [2.05, 4.69) is 15.3 Å². The molecular weight excluding hydrogens is 178 g/mol. The van der Waals surface area contributed by atoms with E-state index in [4.69, 9.17) is 0 Å². The van der Waals surface area contributed by atoms with Crippen molar-refractivity contribution in [3.8, 4) is 0 Å². The standard InChI is InChI=1S/C6H11N3O4/c1-6(2,9(11)12)4-8-13-5(10)7-3/h4H,1-3H3,(H,7,10)/b8-4+. The first-order chi connectivity index (χ1) is 5.90. The Bertz CT molecular complexity index is 236. The molecule has 0 radical (unpaired) electrons. The molecule has 7 nitrogen and oxygen atoms in total. The van der Waals surface area contributed by atoms with E-state index in [1.807, 2.05) is 0 Å². The van der Waals surface area contributed by atoms with Crippen LogP contribution in [0.3, 0.4) is 0 Å². The number of rotatable bonds is 3. The molecule has 0 aromatic heterocycles. The minimum atomic E-state index is -1.34. The molecule has 0 aliphatic carbocycles. The van der Waals surface area contributed by atoms with E-state index >= 15 is 0 Å². The second kappa shape index (κ2) is 4.39. The van der Waals surface area contributed by atoms with Crippen molar-refractivity contribution < 1.29 is 14.6 Å². The fourth-order valence-corrected chi connectivity index (χ4v) is 0.296. The summed E-state index contributed by atoms with van der Waals surface area (Å²) in [6, 6.07) is 0. The van der Waals surface area contributed by atoms with Crippen molar-refractivity contribution in [2.45, 2.75) is 19.4 Å². The zero-order chi connectivity index (χ0) is 10.5. The monoisotopic (exact) mass is 189 g/mol. The van der Waals surface area contributed by atoms with Gasteiger partial charge in [-0.15, -0.1) is 0 Å². The van der Waals surface area contributed by atoms with Crippen molar-refractivity contribution >= 4 is 12.3 Å². The third kappa shape index (κ3) is 4.04. The SMILES string of the molecule is CNC(=O)O/N=C/C(C)(C)[N+](=O)[O-]. The molecule has 0 heterocycles. The first-order valence-corrected chi connectivity index (χ1v) is 3.48. The molecule has 0 fully saturated rings. The summed E-state index contributed by atoms with van der Waals surface area (Å²) in [7, 11) is 1.36. The zero-order valence-corrected chi connectivity index (χ0v) is 7.60. The second-order valence-corrected chi connectivity index (χ2v) is 2.77. The number of nitro groups is 1. The molecule has 0 bridgehead atoms. The van der Waals surface area contributed by atoms with Crippen LogP contribution in [0, 0.1) is 10.1 Å². The van der Waals surface area contributed by atoms with Gasteiger partial charge in [-0.05, 0) is 0 Å². The van der Waals surface area contributed by atoms with Gasteiger partial charge in [-0.25, -0.2) is 4.79 Å². The van der Waals surface area contributed by atoms with Crippen LogP contribution in [0.15, 0.2) is 5.16 Å². The maximum Gasteiger partial charge on any atom is 0.433 e. The van der Waals surface area contributed by atoms with Crippen LogP contribution in [0.1, 0.15) is 13.8 Å². The summed E-state index contributed by atoms with van der Waals surface area (Å²) >= 11 is 0. The van der Waals surface area contributed by atoms with Gasteiger partial charge >= 0.3 is 6.09 Å². The first kappa shape index (κ1) is 11.3. The van der Waals surface area contributed by atoms with Crippen LogP contribution in [0.25, 0.3) is 0 Å². The van der Waals surface area contributed by atoms with Crippen molar-refractivity contribution in [3.63, 3.8) is 0 Å². The molecule has 0 aliphatic heterocycles. The Morgan fingerprint density at radius 1 is 1.69 bits per heavy atom. The molecule has 0 unspecified atom stereocenters. The predicted octanol–water partition coefficient (Wildman–Crippen LogP) is 0.384. The highest BCUT2D eigenvalue weighted by molar-refractivity contribution is 5.70. The van der Waals surface area contributed by atoms with E-state index in [0.29, 0.717) is 0 Å². The van der Waals surface area contributed by atoms with Gasteiger partial charge in [0.15, 0.2) is 0 Å². The largest absolute Gasteiger partial charge is 0.433 e. The topological polar surface area (TPSA) is 93.8 Å². The van der Waals surface area contributed by atoms with Crippen LogP contribution in [0.5, 0.6) is 0 Å². The average molecular weight is 189 g/mol. The molecular formula is C6H11N3O4. The Balaban J connectivity index is 4.12. The summed E-state index contributed by atoms with van der Waals surface area (Å²) in [6.45, 7) is 2.67. The summed E-state index contributed by atoms with van der Waals surface area (Å²) in [5, 5.41) is 15.6. The van der Waals surface area contributed by atoms with Crippen molar-refractivity contribution in [1.82, 2.24) is 5.32 Å². The van der Waals surface area contributed by atoms with Gasteiger partial charge < -0.3 is 5.32 Å². The van der Waals surface area contributed by atoms with Crippen LogP contribution >= 0.6 is 0 Å². The van der Waals surface area contributed by atoms with Gasteiger partial charge in [-0.1, -0.05) is 5.16 Å². The van der Waals surface area contributed by atoms with Crippen molar-refractivity contribution in [2.24, 2.45) is 5.16 Å². The predicted molar refractivity (Wildman–Crippen MR) is 45.1 cm³/mol. The van der Waals surface area contributed by atoms with Crippen LogP contribution in [0.2, 0.25) is 0 Å². The number of carbonyl (C=O) groups excluding carboxylic acids is 1. The molecule has 0 spiro atoms. The summed E-state index contributed by atoms with van der Waals surface area (Å²) in [6.07, 6.45) is 0.179. The van der Waals surface area contributed by atoms with Gasteiger partial charge in [0.2, 0.25) is 0 Å². The lowest BCUT2D eigenvalue weighted by Crippen LogP contribution is -2.32. The number of oxime groups is 1. The second-order valence-electron chi connectivity index (χ2n) is 2.77. The highest BCUT2D eigenvalue weighted by atomic mass is 16.7. The summed E-state index contributed by atoms with van der Waals surface area (Å²) in [5.74, 6) is 0. The molecule has 1 amide bonds. The third-order valence-electron chi connectivity index (χ3n) is 1.18. The molecule has 0 saturated heterocycles. The molecule has 74 valence electrons. The highest BCUT2D eigenvalue weighted by Crippen LogP contribution is 2.03. The summed E-state index contributed by atoms with van der Waals surface area (Å²) < 4.78 is 0. The Kier molecular flexibility index (Phi) is 3.83. The van der Waals surface area contributed by atoms with E-state index in [0.717, 1.165) is 6.21 Å². The van der Waals surface area contributed by atoms with E-state index in [1.165, 1.54) is 20.9 Å². The lowest BCUT2D eigenvalue weighted by atomic mass is 10.1. The molecule has 0 aromatic rings. The fraction of sp³-hybridized carbons (Fsp3) is 0.667. The Morgan fingerprint density at radius 3 is 2.62 bits per heavy atom. The number of amides is 1. The van der Waals surface area contributed by atoms with Gasteiger partial charge in [-0.2, -0.15) is 0 Å². The summed E-state index contributed by atoms with van der Waals surface area (Å²) in [5.41, 5.74) is -1.34. The number of carbonyl (C=O) groups is 1. The van der Waals surface area contributed by atoms with E-state index in [-0.39, 0.29) is 0 Å². The van der Waals surface area contributed by atoms with Crippen molar-refractivity contribution in [2.75, 3.05) is 7.05 Å². The molecule has 0 saturated carbocycles. The number of hydrogen-bond donors (Lipinski definition) is 1. The average Bonchev–Trinajstić information content (AvgIpc) is 2.03. The molecule has 0 aromatic carbocycles. The van der Waals surface area contributed by atoms with Gasteiger partial charge in [0, 0.05) is 25.8 Å². The van der Waals surface area contributed by atoms with E-state index in [9.17, 15) is 14.9 Å². The smallest absolute Gasteiger partial charge is 0.323 e. The molecule has 13 heavy (non-hydrogen) atoms. The molecule has 0 atom stereocenters. The first-order valence-electron chi connectivity index (χ1n) is 3.48. The van der Waals surface area contributed by atoms with E-state index in [1.54, 1.807) is 0 Å². The Hall–Kier alpha value is -1.66. The van der Waals surface area contributed by atoms with Crippen LogP contribution in [0.4, 0.5) is 4.79 Å². The lowest BCUT2D eigenvalue weighted by Gasteiger charge is -2.07. The normalized spacial score (nSPS) is 11.3. The summed E-state index contributed by atoms with van der Waals surface area (Å²) in [4.78, 5) is 24.4. The van der Waals surface area contributed by atoms with Crippen molar-refractivity contribution in [3.05, 3.63) is 10.1 Å². The highest BCUT2D eigenvalue weighted by Gasteiger charge is 2.28. The van der Waals surface area contributed by atoms with Crippen LogP contribution < -0.4 is 5.32 Å². The van der Waals surface area contributed by atoms with Gasteiger partial charge in [0.05, 0.1) is 0 Å². The number of nitrogens with zero attached hydrogens (tertiary/aromatic N) is 2. The van der Waals surface area contributed by atoms with Crippen LogP contribution in [-0.4, -0.2) is 29.8 Å². The molecule has 1 N–H and O–H groups in total. The molecule has 0 aliphatic rings. The maximum atomic E-state index is 10.5. The van der Waals surface area contributed by atoms with Crippen molar-refractivity contribution in [1.29, 1.82) is 0 Å². The number of hydrogen-bond acceptors (Lipinski definition) is 5. The van der Waals surface area contributed by atoms with E-state index < -0.39 is 16.6 Å². The van der Waals surface area contributed by atoms with Gasteiger partial charge in [-0.3, -0.25) is 15.0 Å². The molecule has 7 heteroatoms. The van der Waals surface area contributed by atoms with Crippen LogP contribution in [-0.2, 0) is 4.84 Å². The fourth-order valence-electron chi connectivity index (χ4n) is 0.296. The maximum absolute atomic E-state index is 10.5. The molecule has 0 rings (SSSR count). The van der Waals surface area contributed by atoms with Gasteiger partial charge in [0.25, 0.3) is 5.54 Å². The quantitative estimate of drug-likeness (QED) is 0.300. The zero-order valence-electron chi connectivity index (χ0n) is 7.60. The van der Waals surface area contributed by atoms with Gasteiger partial charge in [0.1, 0.15) is 6.21 Å².